The van der Waals surface area contributed by atoms with Crippen LogP contribution in [0.15, 0.2) is 55.0 Å². The van der Waals surface area contributed by atoms with Gasteiger partial charge in [-0.3, -0.25) is 30.7 Å². The zero-order chi connectivity index (χ0) is 23.2. The average molecular weight is 450 g/mol. The van der Waals surface area contributed by atoms with Crippen molar-refractivity contribution < 1.29 is 14.5 Å². The summed E-state index contributed by atoms with van der Waals surface area (Å²) in [5, 5.41) is 11.9. The molecule has 0 radical (unpaired) electrons. The van der Waals surface area contributed by atoms with Gasteiger partial charge in [-0.25, -0.2) is 9.97 Å². The van der Waals surface area contributed by atoms with E-state index in [0.717, 1.165) is 11.4 Å². The van der Waals surface area contributed by atoms with Crippen molar-refractivity contribution in [3.63, 3.8) is 0 Å². The lowest BCUT2D eigenvalue weighted by Crippen LogP contribution is -2.47. The minimum absolute atomic E-state index is 0.105. The van der Waals surface area contributed by atoms with Gasteiger partial charge < -0.3 is 14.5 Å². The fourth-order valence-corrected chi connectivity index (χ4v) is 3.51. The summed E-state index contributed by atoms with van der Waals surface area (Å²) in [6, 6.07) is 12.6. The van der Waals surface area contributed by atoms with Gasteiger partial charge in [0.1, 0.15) is 17.8 Å². The molecular weight excluding hydrogens is 428 g/mol. The summed E-state index contributed by atoms with van der Waals surface area (Å²) >= 11 is 0. The third-order valence-corrected chi connectivity index (χ3v) is 5.19. The molecule has 1 amide bonds. The standard InChI is InChI=1S/C21H22N8O4/c1-33-16-7-5-15(6-8-16)27-10-12-28(13-11-27)20-18(29(31)32)19(23-14-24-20)25-26-21(30)17-4-2-3-9-22-17/h2-9,14H,10-13H2,1H3,(H,26,30)(H,23,24,25). The first kappa shape index (κ1) is 21.7. The quantitative estimate of drug-likeness (QED) is 0.405. The van der Waals surface area contributed by atoms with Crippen molar-refractivity contribution in [1.29, 1.82) is 0 Å². The van der Waals surface area contributed by atoms with Crippen LogP contribution in [-0.2, 0) is 0 Å². The minimum atomic E-state index is -0.555. The highest BCUT2D eigenvalue weighted by atomic mass is 16.6. The summed E-state index contributed by atoms with van der Waals surface area (Å²) < 4.78 is 5.20. The van der Waals surface area contributed by atoms with Crippen molar-refractivity contribution in [3.8, 4) is 5.75 Å². The smallest absolute Gasteiger partial charge is 0.355 e. The van der Waals surface area contributed by atoms with Crippen LogP contribution in [0.4, 0.5) is 23.0 Å². The lowest BCUT2D eigenvalue weighted by Gasteiger charge is -2.36. The number of ether oxygens (including phenoxy) is 1. The summed E-state index contributed by atoms with van der Waals surface area (Å²) in [5.74, 6) is 0.327. The second kappa shape index (κ2) is 9.77. The third kappa shape index (κ3) is 4.89. The number of piperazine rings is 1. The first-order chi connectivity index (χ1) is 16.1. The Bertz CT molecular complexity index is 1120. The van der Waals surface area contributed by atoms with E-state index in [1.54, 1.807) is 19.2 Å². The Morgan fingerprint density at radius 3 is 2.39 bits per heavy atom. The highest BCUT2D eigenvalue weighted by Gasteiger charge is 2.29. The van der Waals surface area contributed by atoms with Crippen molar-refractivity contribution in [2.24, 2.45) is 0 Å². The number of hydrogen-bond donors (Lipinski definition) is 2. The normalized spacial score (nSPS) is 13.4. The maximum Gasteiger partial charge on any atom is 0.355 e. The van der Waals surface area contributed by atoms with E-state index < -0.39 is 10.8 Å². The van der Waals surface area contributed by atoms with Crippen LogP contribution in [0.1, 0.15) is 10.5 Å². The number of hydrazine groups is 1. The van der Waals surface area contributed by atoms with Gasteiger partial charge in [-0.1, -0.05) is 6.07 Å². The van der Waals surface area contributed by atoms with E-state index in [2.05, 4.69) is 30.7 Å². The predicted octanol–water partition coefficient (Wildman–Crippen LogP) is 1.87. The topological polar surface area (TPSA) is 139 Å². The highest BCUT2D eigenvalue weighted by Crippen LogP contribution is 2.32. The summed E-state index contributed by atoms with van der Waals surface area (Å²) in [4.78, 5) is 39.6. The summed E-state index contributed by atoms with van der Waals surface area (Å²) in [6.07, 6.45) is 2.71. The maximum absolute atomic E-state index is 12.2. The van der Waals surface area contributed by atoms with E-state index in [1.165, 1.54) is 18.6 Å². The summed E-state index contributed by atoms with van der Waals surface area (Å²) in [6.45, 7) is 2.38. The number of nitrogens with zero attached hydrogens (tertiary/aromatic N) is 6. The van der Waals surface area contributed by atoms with Gasteiger partial charge in [0.2, 0.25) is 11.6 Å². The Balaban J connectivity index is 1.46. The molecule has 0 saturated carbocycles. The van der Waals surface area contributed by atoms with Crippen LogP contribution in [0, 0.1) is 10.1 Å². The molecule has 170 valence electrons. The third-order valence-electron chi connectivity index (χ3n) is 5.19. The number of pyridine rings is 1. The van der Waals surface area contributed by atoms with Gasteiger partial charge in [0.15, 0.2) is 0 Å². The van der Waals surface area contributed by atoms with Gasteiger partial charge in [-0.05, 0) is 36.4 Å². The van der Waals surface area contributed by atoms with Crippen LogP contribution in [0.25, 0.3) is 0 Å². The number of aromatic nitrogens is 3. The molecule has 0 bridgehead atoms. The molecule has 0 spiro atoms. The number of carbonyl (C=O) groups is 1. The molecule has 3 heterocycles. The van der Waals surface area contributed by atoms with E-state index in [9.17, 15) is 14.9 Å². The Labute approximate surface area is 189 Å². The van der Waals surface area contributed by atoms with Crippen molar-refractivity contribution in [3.05, 3.63) is 70.8 Å². The molecule has 12 nitrogen and oxygen atoms in total. The van der Waals surface area contributed by atoms with E-state index >= 15 is 0 Å². The first-order valence-corrected chi connectivity index (χ1v) is 10.2. The summed E-state index contributed by atoms with van der Waals surface area (Å²) in [5.41, 5.74) is 5.84. The van der Waals surface area contributed by atoms with E-state index in [4.69, 9.17) is 4.74 Å². The van der Waals surface area contributed by atoms with Gasteiger partial charge in [0, 0.05) is 38.1 Å². The second-order valence-corrected chi connectivity index (χ2v) is 7.12. The molecule has 3 aromatic rings. The second-order valence-electron chi connectivity index (χ2n) is 7.12. The van der Waals surface area contributed by atoms with E-state index in [1.807, 2.05) is 29.2 Å². The largest absolute Gasteiger partial charge is 0.497 e. The Morgan fingerprint density at radius 2 is 1.76 bits per heavy atom. The van der Waals surface area contributed by atoms with Crippen LogP contribution in [0.2, 0.25) is 0 Å². The summed E-state index contributed by atoms with van der Waals surface area (Å²) in [7, 11) is 1.62. The van der Waals surface area contributed by atoms with Crippen molar-refractivity contribution >= 4 is 28.9 Å². The number of benzene rings is 1. The molecule has 1 saturated heterocycles. The monoisotopic (exact) mass is 450 g/mol. The van der Waals surface area contributed by atoms with Gasteiger partial charge in [0.05, 0.1) is 12.0 Å². The SMILES string of the molecule is COc1ccc(N2CCN(c3ncnc(NNC(=O)c4ccccn4)c3[N+](=O)[O-])CC2)cc1. The Kier molecular flexibility index (Phi) is 6.43. The Hall–Kier alpha value is -4.48. The number of rotatable bonds is 7. The molecule has 1 aliphatic rings. The van der Waals surface area contributed by atoms with Crippen LogP contribution in [0.5, 0.6) is 5.75 Å². The molecule has 0 unspecified atom stereocenters. The van der Waals surface area contributed by atoms with Crippen LogP contribution >= 0.6 is 0 Å². The first-order valence-electron chi connectivity index (χ1n) is 10.2. The molecule has 1 aromatic carbocycles. The number of anilines is 3. The number of nitro groups is 1. The minimum Gasteiger partial charge on any atom is -0.497 e. The molecular formula is C21H22N8O4. The number of amides is 1. The zero-order valence-electron chi connectivity index (χ0n) is 17.8. The maximum atomic E-state index is 12.2. The molecule has 0 aliphatic carbocycles. The van der Waals surface area contributed by atoms with Crippen molar-refractivity contribution in [2.75, 3.05) is 48.5 Å². The van der Waals surface area contributed by atoms with Gasteiger partial charge in [-0.15, -0.1) is 0 Å². The zero-order valence-corrected chi connectivity index (χ0v) is 17.8. The molecule has 0 atom stereocenters. The average Bonchev–Trinajstić information content (AvgIpc) is 2.87. The molecule has 12 heteroatoms. The number of nitrogens with one attached hydrogen (secondary N) is 2. The highest BCUT2D eigenvalue weighted by molar-refractivity contribution is 5.93. The Morgan fingerprint density at radius 1 is 1.03 bits per heavy atom. The van der Waals surface area contributed by atoms with Crippen LogP contribution in [0.3, 0.4) is 0 Å². The van der Waals surface area contributed by atoms with Crippen molar-refractivity contribution in [1.82, 2.24) is 20.4 Å². The molecule has 1 fully saturated rings. The lowest BCUT2D eigenvalue weighted by atomic mass is 10.2. The van der Waals surface area contributed by atoms with Crippen LogP contribution in [-0.4, -0.2) is 59.1 Å². The van der Waals surface area contributed by atoms with Gasteiger partial charge >= 0.3 is 5.69 Å². The van der Waals surface area contributed by atoms with E-state index in [0.29, 0.717) is 26.2 Å². The number of hydrogen-bond acceptors (Lipinski definition) is 10. The number of carbonyl (C=O) groups excluding carboxylic acids is 1. The predicted molar refractivity (Wildman–Crippen MR) is 121 cm³/mol. The molecule has 33 heavy (non-hydrogen) atoms. The van der Waals surface area contributed by atoms with Gasteiger partial charge in [0.25, 0.3) is 5.91 Å². The number of methoxy groups -OCH3 is 1. The van der Waals surface area contributed by atoms with Crippen molar-refractivity contribution in [2.45, 2.75) is 0 Å². The molecule has 1 aliphatic heterocycles. The molecule has 4 rings (SSSR count). The fourth-order valence-electron chi connectivity index (χ4n) is 3.51. The lowest BCUT2D eigenvalue weighted by molar-refractivity contribution is -0.383. The van der Waals surface area contributed by atoms with Gasteiger partial charge in [-0.2, -0.15) is 0 Å². The van der Waals surface area contributed by atoms with Crippen LogP contribution < -0.4 is 25.4 Å². The molecule has 2 N–H and O–H groups in total. The van der Waals surface area contributed by atoms with E-state index in [-0.39, 0.29) is 23.0 Å². The molecule has 2 aromatic heterocycles. The fraction of sp³-hybridized carbons (Fsp3) is 0.238.